The number of amides is 1. The van der Waals surface area contributed by atoms with Crippen LogP contribution in [0, 0.1) is 0 Å². The second-order valence-corrected chi connectivity index (χ2v) is 6.32. The quantitative estimate of drug-likeness (QED) is 0.609. The summed E-state index contributed by atoms with van der Waals surface area (Å²) in [4.78, 5) is 22.8. The summed E-state index contributed by atoms with van der Waals surface area (Å²) in [6.45, 7) is 1.19. The van der Waals surface area contributed by atoms with Gasteiger partial charge in [-0.1, -0.05) is 36.4 Å². The standard InChI is InChI=1S/C20H19N3OS/c24-20(9-8-19-15-25-16-22-19)23(14-18-7-4-11-21-13-18)12-10-17-5-2-1-3-6-17/h1-9,11,13,15-16H,10,12,14H2/b9-8+. The van der Waals surface area contributed by atoms with Crippen LogP contribution in [0.3, 0.4) is 0 Å². The van der Waals surface area contributed by atoms with Gasteiger partial charge in [0.25, 0.3) is 0 Å². The molecule has 126 valence electrons. The van der Waals surface area contributed by atoms with Gasteiger partial charge in [-0.3, -0.25) is 9.78 Å². The van der Waals surface area contributed by atoms with Crippen LogP contribution in [0.25, 0.3) is 6.08 Å². The maximum absolute atomic E-state index is 12.7. The lowest BCUT2D eigenvalue weighted by Crippen LogP contribution is -2.31. The van der Waals surface area contributed by atoms with E-state index in [0.717, 1.165) is 17.7 Å². The van der Waals surface area contributed by atoms with Crippen molar-refractivity contribution in [1.29, 1.82) is 0 Å². The van der Waals surface area contributed by atoms with Crippen LogP contribution in [-0.2, 0) is 17.8 Å². The van der Waals surface area contributed by atoms with E-state index in [9.17, 15) is 4.79 Å². The molecule has 0 aliphatic carbocycles. The number of thiazole rings is 1. The third-order valence-corrected chi connectivity index (χ3v) is 4.37. The minimum atomic E-state index is -0.0206. The topological polar surface area (TPSA) is 46.1 Å². The van der Waals surface area contributed by atoms with Crippen LogP contribution < -0.4 is 0 Å². The molecule has 5 heteroatoms. The highest BCUT2D eigenvalue weighted by Gasteiger charge is 2.12. The van der Waals surface area contributed by atoms with Crippen molar-refractivity contribution in [2.24, 2.45) is 0 Å². The Morgan fingerprint density at radius 1 is 1.12 bits per heavy atom. The predicted octanol–water partition coefficient (Wildman–Crippen LogP) is 3.82. The Kier molecular flexibility index (Phi) is 6.06. The number of aromatic nitrogens is 2. The molecule has 0 N–H and O–H groups in total. The second-order valence-electron chi connectivity index (χ2n) is 5.60. The number of hydrogen-bond acceptors (Lipinski definition) is 4. The van der Waals surface area contributed by atoms with Crippen molar-refractivity contribution in [3.8, 4) is 0 Å². The molecule has 3 aromatic rings. The molecule has 0 saturated heterocycles. The Balaban J connectivity index is 1.69. The molecule has 1 aromatic carbocycles. The van der Waals surface area contributed by atoms with Crippen LogP contribution >= 0.6 is 11.3 Å². The zero-order valence-electron chi connectivity index (χ0n) is 13.8. The Morgan fingerprint density at radius 3 is 2.68 bits per heavy atom. The van der Waals surface area contributed by atoms with Gasteiger partial charge in [-0.15, -0.1) is 11.3 Å². The third kappa shape index (κ3) is 5.36. The van der Waals surface area contributed by atoms with Crippen molar-refractivity contribution in [3.05, 3.63) is 88.6 Å². The molecule has 0 aliphatic heterocycles. The first-order valence-electron chi connectivity index (χ1n) is 8.09. The Labute approximate surface area is 151 Å². The van der Waals surface area contributed by atoms with Crippen molar-refractivity contribution in [2.45, 2.75) is 13.0 Å². The summed E-state index contributed by atoms with van der Waals surface area (Å²) >= 11 is 1.51. The average molecular weight is 349 g/mol. The monoisotopic (exact) mass is 349 g/mol. The molecule has 3 rings (SSSR count). The predicted molar refractivity (Wildman–Crippen MR) is 101 cm³/mol. The zero-order valence-corrected chi connectivity index (χ0v) is 14.6. The first-order chi connectivity index (χ1) is 12.3. The van der Waals surface area contributed by atoms with Crippen LogP contribution in [0.1, 0.15) is 16.8 Å². The van der Waals surface area contributed by atoms with Crippen LogP contribution in [0.5, 0.6) is 0 Å². The molecule has 0 spiro atoms. The minimum Gasteiger partial charge on any atom is -0.334 e. The normalized spacial score (nSPS) is 10.9. The lowest BCUT2D eigenvalue weighted by molar-refractivity contribution is -0.126. The van der Waals surface area contributed by atoms with Gasteiger partial charge in [0.15, 0.2) is 0 Å². The number of nitrogens with zero attached hydrogens (tertiary/aromatic N) is 3. The molecule has 2 aromatic heterocycles. The van der Waals surface area contributed by atoms with Gasteiger partial charge < -0.3 is 4.90 Å². The Morgan fingerprint density at radius 2 is 1.96 bits per heavy atom. The fraction of sp³-hybridized carbons (Fsp3) is 0.150. The van der Waals surface area contributed by atoms with Gasteiger partial charge in [0.1, 0.15) is 0 Å². The van der Waals surface area contributed by atoms with E-state index in [0.29, 0.717) is 13.1 Å². The number of rotatable bonds is 7. The summed E-state index contributed by atoms with van der Waals surface area (Å²) in [7, 11) is 0. The first-order valence-corrected chi connectivity index (χ1v) is 9.03. The molecule has 1 amide bonds. The molecule has 2 heterocycles. The van der Waals surface area contributed by atoms with Crippen LogP contribution in [0.15, 0.2) is 71.8 Å². The Bertz CT molecular complexity index is 801. The first kappa shape index (κ1) is 17.0. The van der Waals surface area contributed by atoms with E-state index in [1.165, 1.54) is 16.9 Å². The highest BCUT2D eigenvalue weighted by molar-refractivity contribution is 7.07. The van der Waals surface area contributed by atoms with Crippen molar-refractivity contribution in [2.75, 3.05) is 6.54 Å². The number of carbonyl (C=O) groups excluding carboxylic acids is 1. The fourth-order valence-corrected chi connectivity index (χ4v) is 2.98. The van der Waals surface area contributed by atoms with Gasteiger partial charge in [-0.2, -0.15) is 0 Å². The fourth-order valence-electron chi connectivity index (χ4n) is 2.45. The summed E-state index contributed by atoms with van der Waals surface area (Å²) in [5, 5.41) is 1.92. The van der Waals surface area contributed by atoms with E-state index >= 15 is 0 Å². The SMILES string of the molecule is O=C(/C=C/c1cscn1)N(CCc1ccccc1)Cc1cccnc1. The van der Waals surface area contributed by atoms with Gasteiger partial charge in [0.05, 0.1) is 11.2 Å². The van der Waals surface area contributed by atoms with Crippen molar-refractivity contribution < 1.29 is 4.79 Å². The molecular weight excluding hydrogens is 330 g/mol. The maximum atomic E-state index is 12.7. The number of pyridine rings is 1. The Hall–Kier alpha value is -2.79. The largest absolute Gasteiger partial charge is 0.334 e. The van der Waals surface area contributed by atoms with E-state index < -0.39 is 0 Å². The highest BCUT2D eigenvalue weighted by Crippen LogP contribution is 2.09. The lowest BCUT2D eigenvalue weighted by Gasteiger charge is -2.21. The molecule has 0 unspecified atom stereocenters. The van der Waals surface area contributed by atoms with E-state index in [1.807, 2.05) is 40.6 Å². The molecule has 4 nitrogen and oxygen atoms in total. The van der Waals surface area contributed by atoms with Crippen LogP contribution in [-0.4, -0.2) is 27.3 Å². The van der Waals surface area contributed by atoms with Crippen molar-refractivity contribution >= 4 is 23.3 Å². The van der Waals surface area contributed by atoms with Crippen LogP contribution in [0.4, 0.5) is 0 Å². The lowest BCUT2D eigenvalue weighted by atomic mass is 10.1. The van der Waals surface area contributed by atoms with E-state index in [-0.39, 0.29) is 5.91 Å². The van der Waals surface area contributed by atoms with Gasteiger partial charge in [0.2, 0.25) is 5.91 Å². The van der Waals surface area contributed by atoms with Crippen LogP contribution in [0.2, 0.25) is 0 Å². The van der Waals surface area contributed by atoms with E-state index in [4.69, 9.17) is 0 Å². The van der Waals surface area contributed by atoms with Gasteiger partial charge in [0, 0.05) is 36.9 Å². The number of carbonyl (C=O) groups is 1. The molecule has 0 radical (unpaired) electrons. The zero-order chi connectivity index (χ0) is 17.3. The molecule has 0 bridgehead atoms. The van der Waals surface area contributed by atoms with Gasteiger partial charge >= 0.3 is 0 Å². The van der Waals surface area contributed by atoms with Gasteiger partial charge in [-0.05, 0) is 29.7 Å². The molecular formula is C20H19N3OS. The second kappa shape index (κ2) is 8.89. The summed E-state index contributed by atoms with van der Waals surface area (Å²) < 4.78 is 0. The average Bonchev–Trinajstić information content (AvgIpc) is 3.18. The number of hydrogen-bond donors (Lipinski definition) is 0. The molecule has 0 atom stereocenters. The van der Waals surface area contributed by atoms with Crippen molar-refractivity contribution in [3.63, 3.8) is 0 Å². The summed E-state index contributed by atoms with van der Waals surface area (Å²) in [5.41, 5.74) is 4.80. The van der Waals surface area contributed by atoms with Crippen molar-refractivity contribution in [1.82, 2.24) is 14.9 Å². The molecule has 0 aliphatic rings. The maximum Gasteiger partial charge on any atom is 0.246 e. The summed E-state index contributed by atoms with van der Waals surface area (Å²) in [6.07, 6.45) is 7.71. The third-order valence-electron chi connectivity index (χ3n) is 3.77. The van der Waals surface area contributed by atoms with E-state index in [1.54, 1.807) is 30.1 Å². The van der Waals surface area contributed by atoms with E-state index in [2.05, 4.69) is 22.1 Å². The molecule has 0 saturated carbocycles. The smallest absolute Gasteiger partial charge is 0.246 e. The summed E-state index contributed by atoms with van der Waals surface area (Å²) in [6, 6.07) is 14.1. The molecule has 25 heavy (non-hydrogen) atoms. The summed E-state index contributed by atoms with van der Waals surface area (Å²) in [5.74, 6) is -0.0206. The number of benzene rings is 1. The van der Waals surface area contributed by atoms with Gasteiger partial charge in [-0.25, -0.2) is 4.98 Å². The molecule has 0 fully saturated rings. The highest BCUT2D eigenvalue weighted by atomic mass is 32.1. The minimum absolute atomic E-state index is 0.0206.